The number of rotatable bonds is 2. The average molecular weight is 344 g/mol. The average Bonchev–Trinajstić information content (AvgIpc) is 2.28. The molecule has 1 aliphatic heterocycles. The van der Waals surface area contributed by atoms with Crippen LogP contribution in [0.2, 0.25) is 0 Å². The number of halogens is 1. The quantitative estimate of drug-likeness (QED) is 0.833. The molecule has 4 heteroatoms. The summed E-state index contributed by atoms with van der Waals surface area (Å²) in [6.45, 7) is 6.24. The summed E-state index contributed by atoms with van der Waals surface area (Å²) in [6.07, 6.45) is 0. The summed E-state index contributed by atoms with van der Waals surface area (Å²) in [5, 5.41) is 3.24. The van der Waals surface area contributed by atoms with E-state index < -0.39 is 5.54 Å². The van der Waals surface area contributed by atoms with Gasteiger partial charge in [0.15, 0.2) is 0 Å². The Morgan fingerprint density at radius 1 is 1.35 bits per heavy atom. The Bertz CT molecular complexity index is 414. The summed E-state index contributed by atoms with van der Waals surface area (Å²) < 4.78 is 1.22. The van der Waals surface area contributed by atoms with Crippen molar-refractivity contribution < 1.29 is 4.79 Å². The van der Waals surface area contributed by atoms with E-state index in [9.17, 15) is 4.79 Å². The van der Waals surface area contributed by atoms with Gasteiger partial charge in [0.1, 0.15) is 0 Å². The van der Waals surface area contributed by atoms with Crippen LogP contribution in [0.3, 0.4) is 0 Å². The molecule has 1 saturated heterocycles. The normalized spacial score (nSPS) is 19.5. The molecule has 1 aliphatic rings. The number of hydrogen-bond donors (Lipinski definition) is 1. The first-order chi connectivity index (χ1) is 7.99. The third-order valence-electron chi connectivity index (χ3n) is 3.06. The minimum absolute atomic E-state index is 0.183. The van der Waals surface area contributed by atoms with Gasteiger partial charge in [0, 0.05) is 23.2 Å². The van der Waals surface area contributed by atoms with Crippen molar-refractivity contribution in [1.82, 2.24) is 10.2 Å². The van der Waals surface area contributed by atoms with Gasteiger partial charge in [-0.2, -0.15) is 0 Å². The van der Waals surface area contributed by atoms with E-state index in [4.69, 9.17) is 0 Å². The van der Waals surface area contributed by atoms with Crippen molar-refractivity contribution >= 4 is 28.5 Å². The van der Waals surface area contributed by atoms with Gasteiger partial charge in [-0.15, -0.1) is 0 Å². The molecule has 0 aliphatic carbocycles. The van der Waals surface area contributed by atoms with Gasteiger partial charge in [0.25, 0.3) is 0 Å². The Hall–Kier alpha value is -0.620. The first-order valence-electron chi connectivity index (χ1n) is 5.78. The minimum atomic E-state index is -0.429. The summed E-state index contributed by atoms with van der Waals surface area (Å²) in [7, 11) is 0. The lowest BCUT2D eigenvalue weighted by Crippen LogP contribution is -2.60. The fourth-order valence-electron chi connectivity index (χ4n) is 2.04. The van der Waals surface area contributed by atoms with Gasteiger partial charge < -0.3 is 10.2 Å². The molecular formula is C13H17IN2O. The highest BCUT2D eigenvalue weighted by Crippen LogP contribution is 2.16. The standard InChI is InChI=1S/C13H17IN2O/c1-13(2)12(17)16(8-7-15-13)9-10-3-5-11(14)6-4-10/h3-6,15H,7-9H2,1-2H3. The van der Waals surface area contributed by atoms with Crippen molar-refractivity contribution in [3.05, 3.63) is 33.4 Å². The predicted molar refractivity (Wildman–Crippen MR) is 76.7 cm³/mol. The van der Waals surface area contributed by atoms with E-state index in [0.29, 0.717) is 6.54 Å². The highest BCUT2D eigenvalue weighted by molar-refractivity contribution is 14.1. The predicted octanol–water partition coefficient (Wildman–Crippen LogP) is 2.00. The number of amides is 1. The van der Waals surface area contributed by atoms with Crippen LogP contribution >= 0.6 is 22.6 Å². The zero-order valence-corrected chi connectivity index (χ0v) is 12.3. The molecule has 1 aromatic carbocycles. The van der Waals surface area contributed by atoms with E-state index in [1.807, 2.05) is 18.7 Å². The summed E-state index contributed by atoms with van der Waals surface area (Å²) in [5.41, 5.74) is 0.762. The number of benzene rings is 1. The van der Waals surface area contributed by atoms with Crippen LogP contribution in [-0.2, 0) is 11.3 Å². The number of nitrogens with one attached hydrogen (secondary N) is 1. The Labute approximate surface area is 116 Å². The monoisotopic (exact) mass is 344 g/mol. The molecule has 0 aromatic heterocycles. The SMILES string of the molecule is CC1(C)NCCN(Cc2ccc(I)cc2)C1=O. The molecule has 1 aromatic rings. The van der Waals surface area contributed by atoms with Gasteiger partial charge in [0.05, 0.1) is 5.54 Å². The van der Waals surface area contributed by atoms with Crippen LogP contribution in [0.5, 0.6) is 0 Å². The molecular weight excluding hydrogens is 327 g/mol. The van der Waals surface area contributed by atoms with E-state index in [-0.39, 0.29) is 5.91 Å². The second-order valence-corrected chi connectivity index (χ2v) is 6.15. The molecule has 0 unspecified atom stereocenters. The lowest BCUT2D eigenvalue weighted by atomic mass is 10.0. The van der Waals surface area contributed by atoms with Crippen LogP contribution in [0.15, 0.2) is 24.3 Å². The van der Waals surface area contributed by atoms with Crippen molar-refractivity contribution in [2.24, 2.45) is 0 Å². The van der Waals surface area contributed by atoms with Gasteiger partial charge in [-0.3, -0.25) is 4.79 Å². The van der Waals surface area contributed by atoms with E-state index in [0.717, 1.165) is 13.1 Å². The summed E-state index contributed by atoms with van der Waals surface area (Å²) in [5.74, 6) is 0.183. The lowest BCUT2D eigenvalue weighted by Gasteiger charge is -2.38. The van der Waals surface area contributed by atoms with Crippen LogP contribution in [0.25, 0.3) is 0 Å². The second kappa shape index (κ2) is 4.94. The zero-order chi connectivity index (χ0) is 12.5. The van der Waals surface area contributed by atoms with Gasteiger partial charge in [-0.05, 0) is 54.1 Å². The Morgan fingerprint density at radius 2 is 2.00 bits per heavy atom. The van der Waals surface area contributed by atoms with Crippen LogP contribution in [0, 0.1) is 3.57 Å². The molecule has 1 fully saturated rings. The van der Waals surface area contributed by atoms with Gasteiger partial charge >= 0.3 is 0 Å². The summed E-state index contributed by atoms with van der Waals surface area (Å²) in [6, 6.07) is 8.33. The van der Waals surface area contributed by atoms with Gasteiger partial charge in [-0.25, -0.2) is 0 Å². The third kappa shape index (κ3) is 2.98. The van der Waals surface area contributed by atoms with E-state index >= 15 is 0 Å². The van der Waals surface area contributed by atoms with Crippen LogP contribution in [-0.4, -0.2) is 29.4 Å². The smallest absolute Gasteiger partial charge is 0.242 e. The maximum Gasteiger partial charge on any atom is 0.242 e. The van der Waals surface area contributed by atoms with Crippen molar-refractivity contribution in [3.8, 4) is 0 Å². The largest absolute Gasteiger partial charge is 0.336 e. The highest BCUT2D eigenvalue weighted by Gasteiger charge is 2.34. The van der Waals surface area contributed by atoms with Gasteiger partial charge in [0.2, 0.25) is 5.91 Å². The second-order valence-electron chi connectivity index (χ2n) is 4.90. The molecule has 1 heterocycles. The lowest BCUT2D eigenvalue weighted by molar-refractivity contribution is -0.140. The number of piperazine rings is 1. The molecule has 0 atom stereocenters. The Balaban J connectivity index is 2.08. The number of carbonyl (C=O) groups is 1. The molecule has 92 valence electrons. The summed E-state index contributed by atoms with van der Waals surface area (Å²) in [4.78, 5) is 14.1. The highest BCUT2D eigenvalue weighted by atomic mass is 127. The van der Waals surface area contributed by atoms with E-state index in [1.54, 1.807) is 0 Å². The first-order valence-corrected chi connectivity index (χ1v) is 6.86. The maximum absolute atomic E-state index is 12.2. The van der Waals surface area contributed by atoms with Crippen LogP contribution in [0.4, 0.5) is 0 Å². The van der Waals surface area contributed by atoms with Crippen molar-refractivity contribution in [2.45, 2.75) is 25.9 Å². The molecule has 3 nitrogen and oxygen atoms in total. The Morgan fingerprint density at radius 3 is 2.65 bits per heavy atom. The fraction of sp³-hybridized carbons (Fsp3) is 0.462. The van der Waals surface area contributed by atoms with Gasteiger partial charge in [-0.1, -0.05) is 12.1 Å². The zero-order valence-electron chi connectivity index (χ0n) is 10.2. The van der Waals surface area contributed by atoms with Crippen LogP contribution < -0.4 is 5.32 Å². The molecule has 0 bridgehead atoms. The van der Waals surface area contributed by atoms with E-state index in [1.165, 1.54) is 9.13 Å². The van der Waals surface area contributed by atoms with Crippen molar-refractivity contribution in [2.75, 3.05) is 13.1 Å². The summed E-state index contributed by atoms with van der Waals surface area (Å²) >= 11 is 2.29. The van der Waals surface area contributed by atoms with Crippen molar-refractivity contribution in [3.63, 3.8) is 0 Å². The maximum atomic E-state index is 12.2. The van der Waals surface area contributed by atoms with Crippen LogP contribution in [0.1, 0.15) is 19.4 Å². The fourth-order valence-corrected chi connectivity index (χ4v) is 2.40. The number of hydrogen-bond acceptors (Lipinski definition) is 2. The number of nitrogens with zero attached hydrogens (tertiary/aromatic N) is 1. The van der Waals surface area contributed by atoms with E-state index in [2.05, 4.69) is 52.2 Å². The molecule has 2 rings (SSSR count). The molecule has 0 radical (unpaired) electrons. The molecule has 0 spiro atoms. The first kappa shape index (κ1) is 12.8. The molecule has 1 amide bonds. The molecule has 17 heavy (non-hydrogen) atoms. The number of carbonyl (C=O) groups excluding carboxylic acids is 1. The minimum Gasteiger partial charge on any atom is -0.336 e. The molecule has 0 saturated carbocycles. The van der Waals surface area contributed by atoms with Crippen molar-refractivity contribution in [1.29, 1.82) is 0 Å². The third-order valence-corrected chi connectivity index (χ3v) is 3.78. The topological polar surface area (TPSA) is 32.3 Å². The Kier molecular flexibility index (Phi) is 3.73. The molecule has 1 N–H and O–H groups in total.